The van der Waals surface area contributed by atoms with Crippen molar-refractivity contribution < 1.29 is 0 Å². The zero-order chi connectivity index (χ0) is 9.94. The zero-order valence-corrected chi connectivity index (χ0v) is 9.60. The lowest BCUT2D eigenvalue weighted by atomic mass is 10.2. The SMILES string of the molecule is CCCCN(C)CCCCCNC. The van der Waals surface area contributed by atoms with Crippen molar-refractivity contribution in [3.8, 4) is 0 Å². The van der Waals surface area contributed by atoms with Crippen LogP contribution in [-0.2, 0) is 0 Å². The van der Waals surface area contributed by atoms with Crippen LogP contribution in [0.25, 0.3) is 0 Å². The van der Waals surface area contributed by atoms with E-state index in [-0.39, 0.29) is 0 Å². The third kappa shape index (κ3) is 9.84. The normalized spacial score (nSPS) is 11.1. The van der Waals surface area contributed by atoms with Crippen molar-refractivity contribution in [3.63, 3.8) is 0 Å². The highest BCUT2D eigenvalue weighted by atomic mass is 15.1. The van der Waals surface area contributed by atoms with E-state index in [2.05, 4.69) is 24.2 Å². The summed E-state index contributed by atoms with van der Waals surface area (Å²) < 4.78 is 0. The van der Waals surface area contributed by atoms with E-state index in [4.69, 9.17) is 0 Å². The highest BCUT2D eigenvalue weighted by Crippen LogP contribution is 1.98. The van der Waals surface area contributed by atoms with E-state index in [1.165, 1.54) is 51.7 Å². The molecule has 0 bridgehead atoms. The predicted molar refractivity (Wildman–Crippen MR) is 60.2 cm³/mol. The fourth-order valence-corrected chi connectivity index (χ4v) is 1.40. The van der Waals surface area contributed by atoms with Gasteiger partial charge in [-0.1, -0.05) is 19.8 Å². The van der Waals surface area contributed by atoms with Gasteiger partial charge in [0.1, 0.15) is 0 Å². The number of rotatable bonds is 9. The Kier molecular flexibility index (Phi) is 9.94. The summed E-state index contributed by atoms with van der Waals surface area (Å²) in [6.07, 6.45) is 6.68. The lowest BCUT2D eigenvalue weighted by Gasteiger charge is -2.15. The maximum absolute atomic E-state index is 3.18. The largest absolute Gasteiger partial charge is 0.320 e. The molecule has 0 atom stereocenters. The molecular formula is C11H26N2. The van der Waals surface area contributed by atoms with Crippen LogP contribution in [0.15, 0.2) is 0 Å². The van der Waals surface area contributed by atoms with Gasteiger partial charge in [-0.25, -0.2) is 0 Å². The monoisotopic (exact) mass is 186 g/mol. The zero-order valence-electron chi connectivity index (χ0n) is 9.60. The van der Waals surface area contributed by atoms with E-state index in [0.29, 0.717) is 0 Å². The van der Waals surface area contributed by atoms with Crippen LogP contribution in [-0.4, -0.2) is 38.6 Å². The standard InChI is InChI=1S/C11H26N2/c1-4-5-10-13(3)11-8-6-7-9-12-2/h12H,4-11H2,1-3H3. The van der Waals surface area contributed by atoms with Crippen molar-refractivity contribution in [3.05, 3.63) is 0 Å². The topological polar surface area (TPSA) is 15.3 Å². The first-order valence-electron chi connectivity index (χ1n) is 5.64. The molecule has 0 radical (unpaired) electrons. The first kappa shape index (κ1) is 12.9. The molecule has 2 heteroatoms. The molecule has 0 aliphatic carbocycles. The Morgan fingerprint density at radius 1 is 1.00 bits per heavy atom. The molecular weight excluding hydrogens is 160 g/mol. The molecule has 0 unspecified atom stereocenters. The smallest absolute Gasteiger partial charge is 0.00218 e. The van der Waals surface area contributed by atoms with Crippen molar-refractivity contribution in [2.45, 2.75) is 39.0 Å². The molecule has 0 fully saturated rings. The Hall–Kier alpha value is -0.0800. The van der Waals surface area contributed by atoms with E-state index in [0.717, 1.165) is 0 Å². The molecule has 0 amide bonds. The van der Waals surface area contributed by atoms with E-state index >= 15 is 0 Å². The molecule has 0 aromatic rings. The van der Waals surface area contributed by atoms with Crippen LogP contribution in [0.3, 0.4) is 0 Å². The molecule has 0 heterocycles. The molecule has 1 N–H and O–H groups in total. The van der Waals surface area contributed by atoms with Crippen molar-refractivity contribution in [1.29, 1.82) is 0 Å². The van der Waals surface area contributed by atoms with Gasteiger partial charge < -0.3 is 10.2 Å². The van der Waals surface area contributed by atoms with Gasteiger partial charge in [-0.3, -0.25) is 0 Å². The summed E-state index contributed by atoms with van der Waals surface area (Å²) >= 11 is 0. The summed E-state index contributed by atoms with van der Waals surface area (Å²) in [5.41, 5.74) is 0. The number of hydrogen-bond donors (Lipinski definition) is 1. The summed E-state index contributed by atoms with van der Waals surface area (Å²) in [6.45, 7) is 5.95. The molecule has 2 nitrogen and oxygen atoms in total. The summed E-state index contributed by atoms with van der Waals surface area (Å²) in [6, 6.07) is 0. The van der Waals surface area contributed by atoms with Gasteiger partial charge in [0, 0.05) is 0 Å². The van der Waals surface area contributed by atoms with Crippen LogP contribution < -0.4 is 5.32 Å². The van der Waals surface area contributed by atoms with E-state index in [1.54, 1.807) is 0 Å². The van der Waals surface area contributed by atoms with Crippen LogP contribution >= 0.6 is 0 Å². The Morgan fingerprint density at radius 2 is 1.69 bits per heavy atom. The van der Waals surface area contributed by atoms with Gasteiger partial charge in [-0.15, -0.1) is 0 Å². The molecule has 0 saturated carbocycles. The summed E-state index contributed by atoms with van der Waals surface area (Å²) in [5.74, 6) is 0. The van der Waals surface area contributed by atoms with Gasteiger partial charge in [0.05, 0.1) is 0 Å². The third-order valence-electron chi connectivity index (χ3n) is 2.36. The maximum atomic E-state index is 3.18. The van der Waals surface area contributed by atoms with Crippen molar-refractivity contribution in [1.82, 2.24) is 10.2 Å². The van der Waals surface area contributed by atoms with Crippen LogP contribution in [0.4, 0.5) is 0 Å². The highest BCUT2D eigenvalue weighted by molar-refractivity contribution is 4.52. The summed E-state index contributed by atoms with van der Waals surface area (Å²) in [5, 5.41) is 3.18. The molecule has 0 rings (SSSR count). The van der Waals surface area contributed by atoms with Crippen LogP contribution in [0.1, 0.15) is 39.0 Å². The minimum absolute atomic E-state index is 1.17. The van der Waals surface area contributed by atoms with E-state index < -0.39 is 0 Å². The van der Waals surface area contributed by atoms with Gasteiger partial charge in [-0.05, 0) is 53.0 Å². The van der Waals surface area contributed by atoms with Crippen molar-refractivity contribution in [2.24, 2.45) is 0 Å². The van der Waals surface area contributed by atoms with Gasteiger partial charge in [-0.2, -0.15) is 0 Å². The van der Waals surface area contributed by atoms with Gasteiger partial charge in [0.2, 0.25) is 0 Å². The van der Waals surface area contributed by atoms with Crippen molar-refractivity contribution >= 4 is 0 Å². The average Bonchev–Trinajstić information content (AvgIpc) is 2.14. The second kappa shape index (κ2) is 10.0. The first-order chi connectivity index (χ1) is 6.31. The number of unbranched alkanes of at least 4 members (excludes halogenated alkanes) is 3. The van der Waals surface area contributed by atoms with Crippen LogP contribution in [0.2, 0.25) is 0 Å². The summed E-state index contributed by atoms with van der Waals surface area (Å²) in [7, 11) is 4.25. The molecule has 0 aromatic heterocycles. The van der Waals surface area contributed by atoms with E-state index in [9.17, 15) is 0 Å². The Morgan fingerprint density at radius 3 is 2.31 bits per heavy atom. The third-order valence-corrected chi connectivity index (χ3v) is 2.36. The minimum Gasteiger partial charge on any atom is -0.320 e. The maximum Gasteiger partial charge on any atom is -0.00218 e. The molecule has 0 aliphatic rings. The molecule has 80 valence electrons. The van der Waals surface area contributed by atoms with Crippen LogP contribution in [0, 0.1) is 0 Å². The number of nitrogens with one attached hydrogen (secondary N) is 1. The summed E-state index contributed by atoms with van der Waals surface area (Å²) in [4.78, 5) is 2.45. The molecule has 13 heavy (non-hydrogen) atoms. The lowest BCUT2D eigenvalue weighted by molar-refractivity contribution is 0.319. The van der Waals surface area contributed by atoms with Gasteiger partial charge in [0.25, 0.3) is 0 Å². The fourth-order valence-electron chi connectivity index (χ4n) is 1.40. The number of nitrogens with zero attached hydrogens (tertiary/aromatic N) is 1. The second-order valence-electron chi connectivity index (χ2n) is 3.82. The predicted octanol–water partition coefficient (Wildman–Crippen LogP) is 2.11. The molecule has 0 spiro atoms. The van der Waals surface area contributed by atoms with Gasteiger partial charge >= 0.3 is 0 Å². The second-order valence-corrected chi connectivity index (χ2v) is 3.82. The molecule has 0 aromatic carbocycles. The van der Waals surface area contributed by atoms with Crippen molar-refractivity contribution in [2.75, 3.05) is 33.7 Å². The van der Waals surface area contributed by atoms with Gasteiger partial charge in [0.15, 0.2) is 0 Å². The quantitative estimate of drug-likeness (QED) is 0.555. The molecule has 0 saturated heterocycles. The molecule has 0 aliphatic heterocycles. The average molecular weight is 186 g/mol. The minimum atomic E-state index is 1.17. The van der Waals surface area contributed by atoms with Crippen LogP contribution in [0.5, 0.6) is 0 Å². The Labute approximate surface area is 83.7 Å². The fraction of sp³-hybridized carbons (Fsp3) is 1.00. The van der Waals surface area contributed by atoms with E-state index in [1.807, 2.05) is 7.05 Å². The lowest BCUT2D eigenvalue weighted by Crippen LogP contribution is -2.21. The highest BCUT2D eigenvalue weighted by Gasteiger charge is 1.96. The number of hydrogen-bond acceptors (Lipinski definition) is 2. The first-order valence-corrected chi connectivity index (χ1v) is 5.64. The Bertz CT molecular complexity index is 94.1. The Balaban J connectivity index is 3.03.